The molecule has 258 valence electrons. The summed E-state index contributed by atoms with van der Waals surface area (Å²) in [4.78, 5) is 4.81. The summed E-state index contributed by atoms with van der Waals surface area (Å²) < 4.78 is 68.4. The third kappa shape index (κ3) is 8.47. The number of benzene rings is 3. The van der Waals surface area contributed by atoms with Crippen molar-refractivity contribution in [2.75, 3.05) is 54.2 Å². The molecule has 10 nitrogen and oxygen atoms in total. The number of hydrogen-bond donors (Lipinski definition) is 1. The van der Waals surface area contributed by atoms with E-state index in [1.54, 1.807) is 44.6 Å². The molecule has 47 heavy (non-hydrogen) atoms. The van der Waals surface area contributed by atoms with Gasteiger partial charge in [-0.3, -0.25) is 4.72 Å². The summed E-state index contributed by atoms with van der Waals surface area (Å²) in [6.45, 7) is 0. The maximum absolute atomic E-state index is 13.2. The molecule has 14 heteroatoms. The van der Waals surface area contributed by atoms with Gasteiger partial charge < -0.3 is 24.0 Å². The topological polar surface area (TPSA) is 114 Å². The van der Waals surface area contributed by atoms with Crippen LogP contribution in [0, 0.1) is 0 Å². The average molecular weight is 729 g/mol. The predicted octanol–water partition coefficient (Wildman–Crippen LogP) is 5.62. The van der Waals surface area contributed by atoms with Crippen LogP contribution in [-0.2, 0) is 44.8 Å². The van der Waals surface area contributed by atoms with Crippen LogP contribution in [0.3, 0.4) is 0 Å². The summed E-state index contributed by atoms with van der Waals surface area (Å²) in [5.74, 6) is 1.87. The average Bonchev–Trinajstić information content (AvgIpc) is 3.02. The Kier molecular flexibility index (Phi) is 12.0. The third-order valence-corrected chi connectivity index (χ3v) is 12.0. The van der Waals surface area contributed by atoms with E-state index in [0.29, 0.717) is 41.4 Å². The molecule has 0 aromatic heterocycles. The maximum Gasteiger partial charge on any atom is 0.262 e. The molecule has 0 radical (unpaired) electrons. The lowest BCUT2D eigenvalue weighted by molar-refractivity contribution is 0.263. The summed E-state index contributed by atoms with van der Waals surface area (Å²) in [5, 5.41) is 0.420. The van der Waals surface area contributed by atoms with E-state index in [-0.39, 0.29) is 9.79 Å². The fourth-order valence-electron chi connectivity index (χ4n) is 6.30. The number of ether oxygens (including phenoxy) is 3. The zero-order chi connectivity index (χ0) is 34.7. The van der Waals surface area contributed by atoms with Gasteiger partial charge in [0.2, 0.25) is 0 Å². The van der Waals surface area contributed by atoms with E-state index >= 15 is 0 Å². The molecule has 0 spiro atoms. The predicted molar refractivity (Wildman–Crippen MR) is 187 cm³/mol. The van der Waals surface area contributed by atoms with Crippen LogP contribution in [0.5, 0.6) is 17.2 Å². The number of nitrogens with zero attached hydrogens (tertiary/aromatic N) is 2. The molecule has 5 rings (SSSR count). The number of methoxy groups -OCH3 is 3. The molecule has 0 aliphatic heterocycles. The second-order valence-electron chi connectivity index (χ2n) is 12.1. The number of fused-ring (bicyclic) bond motifs is 2. The van der Waals surface area contributed by atoms with Crippen molar-refractivity contribution >= 4 is 47.0 Å². The van der Waals surface area contributed by atoms with Gasteiger partial charge in [-0.1, -0.05) is 11.6 Å². The standard InChI is InChI=1S/C20H25ClN2O4S.C13H18ClNO3S/c1-23(2)14-6-7-15-16(12-14)18(26-3)9-10-20(15)28(24,25)22-17-11-13(21)5-8-19(17)27-4;1-15(2)9-4-5-10-11(8-9)12(18-3)6-7-13(10)19(14,16)17/h5,8-11,14,22H,6-7,12H2,1-4H3;6-7,9H,4-5,8H2,1-3H3/t14-;9-/m00/s1. The Bertz CT molecular complexity index is 1820. The van der Waals surface area contributed by atoms with E-state index in [1.165, 1.54) is 19.2 Å². The van der Waals surface area contributed by atoms with Crippen molar-refractivity contribution in [2.45, 2.75) is 60.4 Å². The lowest BCUT2D eigenvalue weighted by atomic mass is 9.87. The number of nitrogens with one attached hydrogen (secondary N) is 1. The van der Waals surface area contributed by atoms with E-state index in [9.17, 15) is 16.8 Å². The highest BCUT2D eigenvalue weighted by molar-refractivity contribution is 8.13. The summed E-state index contributed by atoms with van der Waals surface area (Å²) in [7, 11) is 10.8. The first-order valence-corrected chi connectivity index (χ1v) is 19.3. The second kappa shape index (κ2) is 15.2. The minimum absolute atomic E-state index is 0.224. The number of halogens is 2. The molecule has 0 fully saturated rings. The van der Waals surface area contributed by atoms with E-state index in [0.717, 1.165) is 59.4 Å². The summed E-state index contributed by atoms with van der Waals surface area (Å²) in [6.07, 6.45) is 4.71. The molecule has 0 saturated heterocycles. The first-order valence-electron chi connectivity index (χ1n) is 15.1. The normalized spacial score (nSPS) is 17.7. The first kappa shape index (κ1) is 37.1. The zero-order valence-electron chi connectivity index (χ0n) is 27.8. The van der Waals surface area contributed by atoms with Crippen molar-refractivity contribution in [3.05, 3.63) is 69.7 Å². The van der Waals surface area contributed by atoms with Gasteiger partial charge in [-0.25, -0.2) is 16.8 Å². The Morgan fingerprint density at radius 3 is 1.57 bits per heavy atom. The number of hydrogen-bond acceptors (Lipinski definition) is 9. The lowest BCUT2D eigenvalue weighted by Crippen LogP contribution is -2.34. The van der Waals surface area contributed by atoms with Crippen LogP contribution in [-0.4, -0.2) is 88.2 Å². The van der Waals surface area contributed by atoms with Gasteiger partial charge in [-0.2, -0.15) is 0 Å². The highest BCUT2D eigenvalue weighted by atomic mass is 35.7. The van der Waals surface area contributed by atoms with Crippen LogP contribution in [0.4, 0.5) is 5.69 Å². The molecule has 1 N–H and O–H groups in total. The fourth-order valence-corrected chi connectivity index (χ4v) is 9.01. The van der Waals surface area contributed by atoms with Crippen LogP contribution in [0.1, 0.15) is 35.1 Å². The van der Waals surface area contributed by atoms with Gasteiger partial charge in [-0.15, -0.1) is 0 Å². The highest BCUT2D eigenvalue weighted by Gasteiger charge is 2.31. The zero-order valence-corrected chi connectivity index (χ0v) is 30.9. The van der Waals surface area contributed by atoms with Crippen LogP contribution >= 0.6 is 22.3 Å². The third-order valence-electron chi connectivity index (χ3n) is 8.88. The minimum atomic E-state index is -3.82. The summed E-state index contributed by atoms with van der Waals surface area (Å²) in [6, 6.07) is 12.1. The maximum atomic E-state index is 13.2. The van der Waals surface area contributed by atoms with E-state index in [4.69, 9.17) is 36.5 Å². The van der Waals surface area contributed by atoms with E-state index in [1.807, 2.05) is 28.2 Å². The van der Waals surface area contributed by atoms with Gasteiger partial charge >= 0.3 is 0 Å². The van der Waals surface area contributed by atoms with Gasteiger partial charge in [0, 0.05) is 38.9 Å². The molecule has 3 aromatic rings. The number of rotatable bonds is 9. The largest absolute Gasteiger partial charge is 0.496 e. The molecule has 2 atom stereocenters. The molecule has 0 bridgehead atoms. The second-order valence-corrected chi connectivity index (χ2v) is 16.7. The minimum Gasteiger partial charge on any atom is -0.496 e. The summed E-state index contributed by atoms with van der Waals surface area (Å²) >= 11 is 6.04. The van der Waals surface area contributed by atoms with Crippen molar-refractivity contribution in [2.24, 2.45) is 0 Å². The Morgan fingerprint density at radius 1 is 0.681 bits per heavy atom. The number of likely N-dealkylation sites (N-methyl/N-ethyl adjacent to an activating group) is 2. The lowest BCUT2D eigenvalue weighted by Gasteiger charge is -2.31. The Labute approximate surface area is 288 Å². The van der Waals surface area contributed by atoms with Crippen LogP contribution in [0.15, 0.2) is 52.3 Å². The van der Waals surface area contributed by atoms with Crippen molar-refractivity contribution < 1.29 is 31.0 Å². The summed E-state index contributed by atoms with van der Waals surface area (Å²) in [5.41, 5.74) is 3.85. The van der Waals surface area contributed by atoms with Gasteiger partial charge in [-0.05, 0) is 120 Å². The van der Waals surface area contributed by atoms with Crippen LogP contribution in [0.2, 0.25) is 5.02 Å². The quantitative estimate of drug-likeness (QED) is 0.281. The highest BCUT2D eigenvalue weighted by Crippen LogP contribution is 2.38. The first-order chi connectivity index (χ1) is 22.1. The van der Waals surface area contributed by atoms with E-state index in [2.05, 4.69) is 14.5 Å². The molecule has 0 saturated carbocycles. The SMILES string of the molecule is COc1ccc(Cl)cc1NS(=O)(=O)c1ccc(OC)c2c1CC[C@H](N(C)C)C2.COc1ccc(S(=O)(=O)Cl)c2c1C[C@@H](N(C)C)CC2. The number of sulfonamides is 1. The van der Waals surface area contributed by atoms with Crippen molar-refractivity contribution in [1.29, 1.82) is 0 Å². The smallest absolute Gasteiger partial charge is 0.262 e. The van der Waals surface area contributed by atoms with Crippen LogP contribution < -0.4 is 18.9 Å². The Morgan fingerprint density at radius 2 is 1.13 bits per heavy atom. The van der Waals surface area contributed by atoms with Gasteiger partial charge in [0.25, 0.3) is 19.1 Å². The molecular weight excluding hydrogens is 685 g/mol. The Balaban J connectivity index is 0.000000229. The molecule has 3 aromatic carbocycles. The van der Waals surface area contributed by atoms with E-state index < -0.39 is 19.1 Å². The van der Waals surface area contributed by atoms with Gasteiger partial charge in [0.15, 0.2) is 0 Å². The molecule has 2 aliphatic rings. The van der Waals surface area contributed by atoms with Gasteiger partial charge in [0.1, 0.15) is 17.2 Å². The molecular formula is C33H43Cl2N3O7S2. The molecule has 0 unspecified atom stereocenters. The molecule has 0 amide bonds. The molecule has 0 heterocycles. The fraction of sp³-hybridized carbons (Fsp3) is 0.455. The van der Waals surface area contributed by atoms with Crippen molar-refractivity contribution in [3.63, 3.8) is 0 Å². The molecule has 2 aliphatic carbocycles. The van der Waals surface area contributed by atoms with Crippen LogP contribution in [0.25, 0.3) is 0 Å². The Hall–Kier alpha value is -2.74. The van der Waals surface area contributed by atoms with Crippen molar-refractivity contribution in [1.82, 2.24) is 9.80 Å². The monoisotopic (exact) mass is 727 g/mol. The number of anilines is 1. The van der Waals surface area contributed by atoms with Crippen molar-refractivity contribution in [3.8, 4) is 17.2 Å². The van der Waals surface area contributed by atoms with Gasteiger partial charge in [0.05, 0.1) is 36.8 Å².